The van der Waals surface area contributed by atoms with Crippen molar-refractivity contribution in [3.63, 3.8) is 0 Å². The highest BCUT2D eigenvalue weighted by Gasteiger charge is 2.28. The van der Waals surface area contributed by atoms with Gasteiger partial charge in [0.15, 0.2) is 0 Å². The van der Waals surface area contributed by atoms with Gasteiger partial charge in [-0.1, -0.05) is 42.5 Å². The SMILES string of the molecule is O=C(O)CCCSCCN1C(=O)CC[C@@H]1C=C[C@@H](O)Cc1ccccc1. The predicted molar refractivity (Wildman–Crippen MR) is 104 cm³/mol. The number of carboxylic acids is 1. The van der Waals surface area contributed by atoms with Crippen LogP contribution in [0.2, 0.25) is 0 Å². The molecule has 26 heavy (non-hydrogen) atoms. The Balaban J connectivity index is 1.74. The second kappa shape index (κ2) is 11.0. The van der Waals surface area contributed by atoms with Crippen LogP contribution in [0.1, 0.15) is 31.2 Å². The van der Waals surface area contributed by atoms with Crippen LogP contribution in [0.25, 0.3) is 0 Å². The van der Waals surface area contributed by atoms with Gasteiger partial charge in [0.2, 0.25) is 5.91 Å². The molecule has 5 nitrogen and oxygen atoms in total. The van der Waals surface area contributed by atoms with E-state index in [0.717, 1.165) is 23.5 Å². The van der Waals surface area contributed by atoms with Gasteiger partial charge < -0.3 is 15.1 Å². The Morgan fingerprint density at radius 3 is 2.81 bits per heavy atom. The van der Waals surface area contributed by atoms with Crippen molar-refractivity contribution < 1.29 is 19.8 Å². The predicted octanol–water partition coefficient (Wildman–Crippen LogP) is 2.74. The smallest absolute Gasteiger partial charge is 0.303 e. The van der Waals surface area contributed by atoms with E-state index in [9.17, 15) is 14.7 Å². The number of carboxylic acid groups (broad SMARTS) is 1. The van der Waals surface area contributed by atoms with Crippen molar-refractivity contribution in [2.75, 3.05) is 18.1 Å². The molecule has 1 aliphatic rings. The molecule has 1 amide bonds. The molecule has 0 saturated carbocycles. The molecule has 0 spiro atoms. The van der Waals surface area contributed by atoms with Crippen LogP contribution in [0.3, 0.4) is 0 Å². The Morgan fingerprint density at radius 2 is 2.08 bits per heavy atom. The number of aliphatic carboxylic acids is 1. The number of carbonyl (C=O) groups is 2. The van der Waals surface area contributed by atoms with E-state index in [-0.39, 0.29) is 18.4 Å². The van der Waals surface area contributed by atoms with Crippen LogP contribution >= 0.6 is 11.8 Å². The molecule has 2 atom stereocenters. The summed E-state index contributed by atoms with van der Waals surface area (Å²) >= 11 is 1.68. The third-order valence-electron chi connectivity index (χ3n) is 4.37. The molecule has 1 fully saturated rings. The van der Waals surface area contributed by atoms with Gasteiger partial charge in [-0.05, 0) is 24.2 Å². The van der Waals surface area contributed by atoms with E-state index < -0.39 is 12.1 Å². The van der Waals surface area contributed by atoms with Crippen LogP contribution in [0.15, 0.2) is 42.5 Å². The maximum atomic E-state index is 12.1. The number of rotatable bonds is 11. The number of amides is 1. The highest BCUT2D eigenvalue weighted by atomic mass is 32.2. The molecule has 2 N–H and O–H groups in total. The highest BCUT2D eigenvalue weighted by molar-refractivity contribution is 7.99. The zero-order valence-electron chi connectivity index (χ0n) is 14.9. The van der Waals surface area contributed by atoms with Crippen LogP contribution in [0.5, 0.6) is 0 Å². The first-order valence-electron chi connectivity index (χ1n) is 9.05. The molecule has 1 aromatic rings. The Kier molecular flexibility index (Phi) is 8.71. The second-order valence-corrected chi connectivity index (χ2v) is 7.67. The zero-order valence-corrected chi connectivity index (χ0v) is 15.7. The van der Waals surface area contributed by atoms with E-state index in [4.69, 9.17) is 5.11 Å². The van der Waals surface area contributed by atoms with Crippen LogP contribution in [-0.2, 0) is 16.0 Å². The largest absolute Gasteiger partial charge is 0.481 e. The van der Waals surface area contributed by atoms with E-state index >= 15 is 0 Å². The molecular formula is C20H27NO4S. The number of carbonyl (C=O) groups excluding carboxylic acids is 1. The minimum Gasteiger partial charge on any atom is -0.481 e. The van der Waals surface area contributed by atoms with Gasteiger partial charge in [0.1, 0.15) is 0 Å². The average molecular weight is 378 g/mol. The maximum Gasteiger partial charge on any atom is 0.303 e. The lowest BCUT2D eigenvalue weighted by Crippen LogP contribution is -2.34. The number of likely N-dealkylation sites (tertiary alicyclic amines) is 1. The molecule has 142 valence electrons. The van der Waals surface area contributed by atoms with Gasteiger partial charge in [0, 0.05) is 31.6 Å². The standard InChI is InChI=1S/C20H27NO4S/c22-18(15-16-5-2-1-3-6-16)10-8-17-9-11-19(23)21(17)12-14-26-13-4-7-20(24)25/h1-3,5-6,8,10,17-18,22H,4,7,9,11-15H2,(H,24,25)/t17-,18+/m0/s1. The van der Waals surface area contributed by atoms with Crippen molar-refractivity contribution in [1.82, 2.24) is 4.90 Å². The Labute approximate surface area is 159 Å². The van der Waals surface area contributed by atoms with Crippen molar-refractivity contribution in [2.24, 2.45) is 0 Å². The van der Waals surface area contributed by atoms with Gasteiger partial charge in [0.05, 0.1) is 12.1 Å². The summed E-state index contributed by atoms with van der Waals surface area (Å²) in [6.45, 7) is 0.667. The molecule has 0 radical (unpaired) electrons. The molecule has 6 heteroatoms. The lowest BCUT2D eigenvalue weighted by molar-refractivity contribution is -0.137. The number of hydrogen-bond acceptors (Lipinski definition) is 4. The number of benzene rings is 1. The van der Waals surface area contributed by atoms with Gasteiger partial charge >= 0.3 is 5.97 Å². The summed E-state index contributed by atoms with van der Waals surface area (Å²) < 4.78 is 0. The first-order valence-corrected chi connectivity index (χ1v) is 10.2. The third kappa shape index (κ3) is 7.22. The molecule has 1 saturated heterocycles. The fourth-order valence-electron chi connectivity index (χ4n) is 3.02. The minimum atomic E-state index is -0.764. The molecular weight excluding hydrogens is 350 g/mol. The lowest BCUT2D eigenvalue weighted by Gasteiger charge is -2.22. The number of aliphatic hydroxyl groups is 1. The summed E-state index contributed by atoms with van der Waals surface area (Å²) in [5, 5.41) is 18.8. The van der Waals surface area contributed by atoms with E-state index in [1.807, 2.05) is 41.3 Å². The second-order valence-electron chi connectivity index (χ2n) is 6.44. The molecule has 0 bridgehead atoms. The van der Waals surface area contributed by atoms with E-state index in [0.29, 0.717) is 25.8 Å². The molecule has 0 aliphatic carbocycles. The maximum absolute atomic E-state index is 12.1. The molecule has 0 unspecified atom stereocenters. The molecule has 1 aliphatic heterocycles. The summed E-state index contributed by atoms with van der Waals surface area (Å²) in [5.74, 6) is 0.996. The first-order chi connectivity index (χ1) is 12.6. The number of aliphatic hydroxyl groups excluding tert-OH is 1. The average Bonchev–Trinajstić information content (AvgIpc) is 2.97. The van der Waals surface area contributed by atoms with E-state index in [1.54, 1.807) is 17.8 Å². The molecule has 2 rings (SSSR count). The van der Waals surface area contributed by atoms with Gasteiger partial charge in [-0.2, -0.15) is 11.8 Å². The van der Waals surface area contributed by atoms with Crippen LogP contribution in [0, 0.1) is 0 Å². The van der Waals surface area contributed by atoms with Crippen LogP contribution < -0.4 is 0 Å². The summed E-state index contributed by atoms with van der Waals surface area (Å²) in [7, 11) is 0. The quantitative estimate of drug-likeness (QED) is 0.458. The number of thioether (sulfide) groups is 1. The summed E-state index contributed by atoms with van der Waals surface area (Å²) in [6.07, 6.45) is 5.95. The summed E-state index contributed by atoms with van der Waals surface area (Å²) in [6, 6.07) is 9.89. The summed E-state index contributed by atoms with van der Waals surface area (Å²) in [4.78, 5) is 24.4. The number of hydrogen-bond donors (Lipinski definition) is 2. The molecule has 1 aromatic carbocycles. The molecule has 0 aromatic heterocycles. The lowest BCUT2D eigenvalue weighted by atomic mass is 10.1. The van der Waals surface area contributed by atoms with Gasteiger partial charge in [-0.25, -0.2) is 0 Å². The minimum absolute atomic E-state index is 0.0487. The van der Waals surface area contributed by atoms with Crippen molar-refractivity contribution in [3.05, 3.63) is 48.0 Å². The third-order valence-corrected chi connectivity index (χ3v) is 5.42. The normalized spacial score (nSPS) is 18.6. The Bertz CT molecular complexity index is 605. The van der Waals surface area contributed by atoms with Gasteiger partial charge in [0.25, 0.3) is 0 Å². The van der Waals surface area contributed by atoms with Gasteiger partial charge in [-0.3, -0.25) is 9.59 Å². The monoisotopic (exact) mass is 377 g/mol. The van der Waals surface area contributed by atoms with Crippen LogP contribution in [-0.4, -0.2) is 57.2 Å². The van der Waals surface area contributed by atoms with Crippen molar-refractivity contribution >= 4 is 23.6 Å². The Hall–Kier alpha value is -1.79. The van der Waals surface area contributed by atoms with Crippen molar-refractivity contribution in [3.8, 4) is 0 Å². The fourth-order valence-corrected chi connectivity index (χ4v) is 3.90. The van der Waals surface area contributed by atoms with Crippen molar-refractivity contribution in [2.45, 2.75) is 44.2 Å². The van der Waals surface area contributed by atoms with Gasteiger partial charge in [-0.15, -0.1) is 0 Å². The topological polar surface area (TPSA) is 77.8 Å². The summed E-state index contributed by atoms with van der Waals surface area (Å²) in [5.41, 5.74) is 1.08. The Morgan fingerprint density at radius 1 is 1.31 bits per heavy atom. The van der Waals surface area contributed by atoms with E-state index in [2.05, 4.69) is 0 Å². The zero-order chi connectivity index (χ0) is 18.8. The number of nitrogens with zero attached hydrogens (tertiary/aromatic N) is 1. The molecule has 1 heterocycles. The first kappa shape index (κ1) is 20.5. The van der Waals surface area contributed by atoms with Crippen molar-refractivity contribution in [1.29, 1.82) is 0 Å². The van der Waals surface area contributed by atoms with E-state index in [1.165, 1.54) is 0 Å². The van der Waals surface area contributed by atoms with Crippen LogP contribution in [0.4, 0.5) is 0 Å². The fraction of sp³-hybridized carbons (Fsp3) is 0.500. The highest BCUT2D eigenvalue weighted by Crippen LogP contribution is 2.21.